The van der Waals surface area contributed by atoms with Crippen molar-refractivity contribution in [3.05, 3.63) is 0 Å². The predicted molar refractivity (Wildman–Crippen MR) is 82.0 cm³/mol. The molecule has 19 heavy (non-hydrogen) atoms. The van der Waals surface area contributed by atoms with Gasteiger partial charge < -0.3 is 15.5 Å². The molecule has 0 aromatic heterocycles. The number of likely N-dealkylation sites (N-methyl/N-ethyl adjacent to an activating group) is 1. The van der Waals surface area contributed by atoms with Crippen molar-refractivity contribution in [2.45, 2.75) is 40.0 Å². The summed E-state index contributed by atoms with van der Waals surface area (Å²) in [6.07, 6.45) is 2.65. The van der Waals surface area contributed by atoms with Gasteiger partial charge in [0.05, 0.1) is 0 Å². The van der Waals surface area contributed by atoms with Gasteiger partial charge in [0.1, 0.15) is 0 Å². The molecule has 0 bridgehead atoms. The number of rotatable bonds is 10. The summed E-state index contributed by atoms with van der Waals surface area (Å²) in [5.41, 5.74) is 5.79. The topological polar surface area (TPSA) is 49.6 Å². The molecular weight excluding hydrogens is 238 g/mol. The molecule has 0 aliphatic heterocycles. The first-order valence-corrected chi connectivity index (χ1v) is 7.53. The average Bonchev–Trinajstić information content (AvgIpc) is 2.32. The Hall–Kier alpha value is -0.610. The Bertz CT molecular complexity index is 242. The molecule has 0 fully saturated rings. The van der Waals surface area contributed by atoms with E-state index in [0.717, 1.165) is 32.5 Å². The van der Waals surface area contributed by atoms with Crippen molar-refractivity contribution in [2.75, 3.05) is 40.3 Å². The fraction of sp³-hybridized carbons (Fsp3) is 0.933. The van der Waals surface area contributed by atoms with E-state index in [1.54, 1.807) is 0 Å². The predicted octanol–water partition coefficient (Wildman–Crippen LogP) is 1.80. The van der Waals surface area contributed by atoms with Gasteiger partial charge in [-0.1, -0.05) is 20.8 Å². The molecule has 0 spiro atoms. The van der Waals surface area contributed by atoms with E-state index in [2.05, 4.69) is 25.7 Å². The zero-order valence-electron chi connectivity index (χ0n) is 13.5. The molecule has 0 aromatic carbocycles. The van der Waals surface area contributed by atoms with E-state index in [1.807, 2.05) is 19.0 Å². The van der Waals surface area contributed by atoms with Crippen LogP contribution in [0.4, 0.5) is 0 Å². The van der Waals surface area contributed by atoms with Gasteiger partial charge in [-0.3, -0.25) is 4.79 Å². The molecule has 0 saturated carbocycles. The molecule has 1 amide bonds. The Labute approximate surface area is 119 Å². The summed E-state index contributed by atoms with van der Waals surface area (Å²) in [5.74, 6) is 1.19. The Kier molecular flexibility index (Phi) is 9.88. The first kappa shape index (κ1) is 18.4. The molecule has 0 saturated heterocycles. The lowest BCUT2D eigenvalue weighted by molar-refractivity contribution is -0.132. The van der Waals surface area contributed by atoms with Crippen molar-refractivity contribution >= 4 is 5.91 Å². The quantitative estimate of drug-likeness (QED) is 0.659. The Balaban J connectivity index is 4.35. The normalized spacial score (nSPS) is 13.1. The van der Waals surface area contributed by atoms with Gasteiger partial charge in [-0.15, -0.1) is 0 Å². The zero-order chi connectivity index (χ0) is 14.8. The highest BCUT2D eigenvalue weighted by atomic mass is 16.2. The van der Waals surface area contributed by atoms with Crippen LogP contribution in [-0.4, -0.2) is 56.0 Å². The van der Waals surface area contributed by atoms with Crippen LogP contribution >= 0.6 is 0 Å². The monoisotopic (exact) mass is 271 g/mol. The van der Waals surface area contributed by atoms with Gasteiger partial charge in [-0.2, -0.15) is 0 Å². The van der Waals surface area contributed by atoms with E-state index >= 15 is 0 Å². The van der Waals surface area contributed by atoms with E-state index in [4.69, 9.17) is 5.73 Å². The van der Waals surface area contributed by atoms with Gasteiger partial charge >= 0.3 is 0 Å². The number of amides is 1. The van der Waals surface area contributed by atoms with Crippen LogP contribution in [0, 0.1) is 11.8 Å². The highest BCUT2D eigenvalue weighted by Gasteiger charge is 2.18. The molecule has 0 aromatic rings. The summed E-state index contributed by atoms with van der Waals surface area (Å²) in [6.45, 7) is 9.68. The highest BCUT2D eigenvalue weighted by molar-refractivity contribution is 5.76. The van der Waals surface area contributed by atoms with Crippen LogP contribution in [0.25, 0.3) is 0 Å². The second-order valence-corrected chi connectivity index (χ2v) is 6.12. The van der Waals surface area contributed by atoms with Crippen molar-refractivity contribution in [1.82, 2.24) is 9.80 Å². The number of nitrogens with two attached hydrogens (primary N) is 1. The number of carbonyl (C=O) groups is 1. The Morgan fingerprint density at radius 1 is 1.16 bits per heavy atom. The highest BCUT2D eigenvalue weighted by Crippen LogP contribution is 2.15. The molecular formula is C15H33N3O. The van der Waals surface area contributed by atoms with E-state index < -0.39 is 0 Å². The van der Waals surface area contributed by atoms with Crippen LogP contribution < -0.4 is 5.73 Å². The SMILES string of the molecule is CCCN(CCN(C)C)C(=O)C[C@@H](CN)CC(C)C. The van der Waals surface area contributed by atoms with E-state index in [1.165, 1.54) is 0 Å². The minimum atomic E-state index is 0.264. The van der Waals surface area contributed by atoms with Crippen molar-refractivity contribution in [2.24, 2.45) is 17.6 Å². The average molecular weight is 271 g/mol. The minimum absolute atomic E-state index is 0.264. The fourth-order valence-corrected chi connectivity index (χ4v) is 2.26. The number of hydrogen-bond donors (Lipinski definition) is 1. The molecule has 0 radical (unpaired) electrons. The Morgan fingerprint density at radius 3 is 2.21 bits per heavy atom. The van der Waals surface area contributed by atoms with Crippen LogP contribution in [-0.2, 0) is 4.79 Å². The van der Waals surface area contributed by atoms with Gasteiger partial charge in [-0.05, 0) is 45.3 Å². The smallest absolute Gasteiger partial charge is 0.222 e. The van der Waals surface area contributed by atoms with Gasteiger partial charge in [-0.25, -0.2) is 0 Å². The molecule has 4 heteroatoms. The van der Waals surface area contributed by atoms with Crippen LogP contribution in [0.2, 0.25) is 0 Å². The molecule has 0 aliphatic carbocycles. The molecule has 0 heterocycles. The second kappa shape index (κ2) is 10.2. The Morgan fingerprint density at radius 2 is 1.79 bits per heavy atom. The van der Waals surface area contributed by atoms with Gasteiger partial charge in [0.15, 0.2) is 0 Å². The number of hydrogen-bond acceptors (Lipinski definition) is 3. The van der Waals surface area contributed by atoms with E-state index in [0.29, 0.717) is 24.8 Å². The van der Waals surface area contributed by atoms with Gasteiger partial charge in [0.25, 0.3) is 0 Å². The maximum atomic E-state index is 12.3. The molecule has 1 atom stereocenters. The summed E-state index contributed by atoms with van der Waals surface area (Å²) < 4.78 is 0. The van der Waals surface area contributed by atoms with E-state index in [-0.39, 0.29) is 5.91 Å². The fourth-order valence-electron chi connectivity index (χ4n) is 2.26. The molecule has 0 aliphatic rings. The lowest BCUT2D eigenvalue weighted by atomic mass is 9.93. The lowest BCUT2D eigenvalue weighted by Crippen LogP contribution is -2.38. The third-order valence-electron chi connectivity index (χ3n) is 3.26. The molecule has 2 N–H and O–H groups in total. The van der Waals surface area contributed by atoms with Gasteiger partial charge in [0.2, 0.25) is 5.91 Å². The maximum absolute atomic E-state index is 12.3. The summed E-state index contributed by atoms with van der Waals surface area (Å²) in [4.78, 5) is 16.5. The maximum Gasteiger partial charge on any atom is 0.222 e. The molecule has 0 rings (SSSR count). The van der Waals surface area contributed by atoms with Crippen molar-refractivity contribution in [3.8, 4) is 0 Å². The van der Waals surface area contributed by atoms with Crippen molar-refractivity contribution in [1.29, 1.82) is 0 Å². The van der Waals surface area contributed by atoms with Crippen LogP contribution in [0.5, 0.6) is 0 Å². The zero-order valence-corrected chi connectivity index (χ0v) is 13.5. The largest absolute Gasteiger partial charge is 0.341 e. The first-order chi connectivity index (χ1) is 8.90. The van der Waals surface area contributed by atoms with Crippen LogP contribution in [0.1, 0.15) is 40.0 Å². The van der Waals surface area contributed by atoms with Crippen LogP contribution in [0.15, 0.2) is 0 Å². The summed E-state index contributed by atoms with van der Waals surface area (Å²) >= 11 is 0. The van der Waals surface area contributed by atoms with E-state index in [9.17, 15) is 4.79 Å². The number of nitrogens with zero attached hydrogens (tertiary/aromatic N) is 2. The van der Waals surface area contributed by atoms with Crippen molar-refractivity contribution in [3.63, 3.8) is 0 Å². The molecule has 114 valence electrons. The van der Waals surface area contributed by atoms with Crippen LogP contribution in [0.3, 0.4) is 0 Å². The minimum Gasteiger partial charge on any atom is -0.341 e. The first-order valence-electron chi connectivity index (χ1n) is 7.53. The summed E-state index contributed by atoms with van der Waals surface area (Å²) in [6, 6.07) is 0. The summed E-state index contributed by atoms with van der Waals surface area (Å²) in [5, 5.41) is 0. The molecule has 0 unspecified atom stereocenters. The van der Waals surface area contributed by atoms with Crippen molar-refractivity contribution < 1.29 is 4.79 Å². The second-order valence-electron chi connectivity index (χ2n) is 6.12. The lowest BCUT2D eigenvalue weighted by Gasteiger charge is -2.26. The number of carbonyl (C=O) groups excluding carboxylic acids is 1. The summed E-state index contributed by atoms with van der Waals surface area (Å²) in [7, 11) is 4.08. The standard InChI is InChI=1S/C15H33N3O/c1-6-7-18(9-8-17(4)5)15(19)11-14(12-16)10-13(2)3/h13-14H,6-12,16H2,1-5H3/t14-/m0/s1. The third kappa shape index (κ3) is 9.00. The molecule has 4 nitrogen and oxygen atoms in total. The third-order valence-corrected chi connectivity index (χ3v) is 3.26. The van der Waals surface area contributed by atoms with Gasteiger partial charge in [0, 0.05) is 26.1 Å².